The van der Waals surface area contributed by atoms with E-state index >= 15 is 0 Å². The van der Waals surface area contributed by atoms with E-state index in [1.807, 2.05) is 30.0 Å². The normalized spacial score (nSPS) is 23.1. The number of aliphatic imine (C=N–C) groups is 1. The first-order chi connectivity index (χ1) is 12.4. The van der Waals surface area contributed by atoms with Gasteiger partial charge in [-0.3, -0.25) is 14.6 Å². The molecule has 0 bridgehead atoms. The van der Waals surface area contributed by atoms with E-state index in [0.717, 1.165) is 29.7 Å². The lowest BCUT2D eigenvalue weighted by Crippen LogP contribution is -2.45. The first kappa shape index (κ1) is 16.4. The molecule has 1 aromatic heterocycles. The van der Waals surface area contributed by atoms with Crippen LogP contribution in [-0.2, 0) is 18.3 Å². The molecule has 1 spiro atoms. The van der Waals surface area contributed by atoms with Gasteiger partial charge in [0.15, 0.2) is 0 Å². The lowest BCUT2D eigenvalue weighted by molar-refractivity contribution is -0.111. The summed E-state index contributed by atoms with van der Waals surface area (Å²) in [6.07, 6.45) is 7.53. The van der Waals surface area contributed by atoms with Crippen molar-refractivity contribution in [2.24, 2.45) is 17.5 Å². The molecule has 1 N–H and O–H groups in total. The van der Waals surface area contributed by atoms with Crippen molar-refractivity contribution >= 4 is 49.1 Å². The zero-order chi connectivity index (χ0) is 18.2. The fourth-order valence-corrected chi connectivity index (χ4v) is 6.02. The Morgan fingerprint density at radius 2 is 1.92 bits per heavy atom. The van der Waals surface area contributed by atoms with Crippen LogP contribution in [-0.4, -0.2) is 34.9 Å². The van der Waals surface area contributed by atoms with Gasteiger partial charge < -0.3 is 9.88 Å². The second kappa shape index (κ2) is 5.39. The Morgan fingerprint density at radius 1 is 1.19 bits per heavy atom. The average Bonchev–Trinajstić information content (AvgIpc) is 2.94. The third-order valence-electron chi connectivity index (χ3n) is 5.59. The van der Waals surface area contributed by atoms with Gasteiger partial charge >= 0.3 is 0 Å². The van der Waals surface area contributed by atoms with E-state index in [9.17, 15) is 9.59 Å². The summed E-state index contributed by atoms with van der Waals surface area (Å²) in [6.45, 7) is 1.37. The summed E-state index contributed by atoms with van der Waals surface area (Å²) in [5.74, 6) is -0.0697. The van der Waals surface area contributed by atoms with Crippen LogP contribution in [0, 0.1) is 5.41 Å². The Kier molecular flexibility index (Phi) is 3.41. The topological polar surface area (TPSA) is 63.5 Å². The summed E-state index contributed by atoms with van der Waals surface area (Å²) in [5.41, 5.74) is 4.73. The second-order valence-corrected chi connectivity index (χ2v) is 8.79. The van der Waals surface area contributed by atoms with E-state index in [0.29, 0.717) is 33.4 Å². The number of carbonyl (C=O) groups is 2. The Hall–Kier alpha value is -1.73. The van der Waals surface area contributed by atoms with E-state index in [2.05, 4.69) is 37.2 Å². The maximum absolute atomic E-state index is 13.3. The molecule has 7 heteroatoms. The van der Waals surface area contributed by atoms with E-state index in [1.54, 1.807) is 0 Å². The number of aromatic nitrogens is 1. The van der Waals surface area contributed by atoms with Crippen molar-refractivity contribution in [1.29, 1.82) is 0 Å². The van der Waals surface area contributed by atoms with Crippen LogP contribution in [0.3, 0.4) is 0 Å². The molecule has 4 aliphatic rings. The van der Waals surface area contributed by atoms with Crippen LogP contribution in [0.2, 0.25) is 0 Å². The second-order valence-electron chi connectivity index (χ2n) is 7.08. The summed E-state index contributed by atoms with van der Waals surface area (Å²) in [7, 11) is 1.92. The van der Waals surface area contributed by atoms with Gasteiger partial charge in [-0.1, -0.05) is 12.2 Å². The van der Waals surface area contributed by atoms with Gasteiger partial charge in [0.05, 0.1) is 20.4 Å². The molecule has 5 rings (SSSR count). The van der Waals surface area contributed by atoms with E-state index in [1.165, 1.54) is 5.56 Å². The predicted molar refractivity (Wildman–Crippen MR) is 106 cm³/mol. The molecule has 26 heavy (non-hydrogen) atoms. The van der Waals surface area contributed by atoms with Gasteiger partial charge in [-0.25, -0.2) is 0 Å². The summed E-state index contributed by atoms with van der Waals surface area (Å²) >= 11 is 6.82. The minimum absolute atomic E-state index is 0.00891. The van der Waals surface area contributed by atoms with Crippen molar-refractivity contribution in [3.63, 3.8) is 0 Å². The highest BCUT2D eigenvalue weighted by atomic mass is 79.9. The Balaban J connectivity index is 1.83. The van der Waals surface area contributed by atoms with Gasteiger partial charge in [0.25, 0.3) is 0 Å². The molecular weight excluding hydrogens is 462 g/mol. The zero-order valence-corrected chi connectivity index (χ0v) is 17.2. The number of fused-ring (bicyclic) bond motifs is 2. The van der Waals surface area contributed by atoms with Gasteiger partial charge in [-0.05, 0) is 50.3 Å². The van der Waals surface area contributed by atoms with Crippen LogP contribution in [0.4, 0.5) is 0 Å². The molecule has 2 aliphatic heterocycles. The average molecular weight is 477 g/mol. The summed E-state index contributed by atoms with van der Waals surface area (Å²) < 4.78 is 2.95. The van der Waals surface area contributed by atoms with Crippen molar-refractivity contribution in [3.05, 3.63) is 55.4 Å². The predicted octanol–water partition coefficient (Wildman–Crippen LogP) is 2.94. The van der Waals surface area contributed by atoms with Crippen molar-refractivity contribution < 1.29 is 9.59 Å². The Bertz CT molecular complexity index is 1020. The number of hydrogen-bond donors (Lipinski definition) is 1. The van der Waals surface area contributed by atoms with Crippen LogP contribution in [0.15, 0.2) is 43.6 Å². The van der Waals surface area contributed by atoms with Crippen molar-refractivity contribution in [3.8, 4) is 0 Å². The zero-order valence-electron chi connectivity index (χ0n) is 14.0. The van der Waals surface area contributed by atoms with E-state index < -0.39 is 5.41 Å². The number of nitrogens with one attached hydrogen (secondary N) is 1. The number of carbonyl (C=O) groups excluding carboxylic acids is 2. The van der Waals surface area contributed by atoms with E-state index in [-0.39, 0.29) is 11.6 Å². The molecule has 0 fully saturated rings. The fraction of sp³-hybridized carbons (Fsp3) is 0.316. The van der Waals surface area contributed by atoms with Crippen LogP contribution in [0.25, 0.3) is 0 Å². The van der Waals surface area contributed by atoms with Crippen LogP contribution >= 0.6 is 31.9 Å². The SMILES string of the molecule is Cn1cc2c3c1C(=O)C1=C(C3=NCC2)C2(C=C(Br)C(=O)C(Br)=C2)CCN1. The maximum atomic E-state index is 13.3. The maximum Gasteiger partial charge on any atom is 0.226 e. The fourth-order valence-electron chi connectivity index (χ4n) is 4.51. The van der Waals surface area contributed by atoms with Crippen LogP contribution < -0.4 is 5.32 Å². The third kappa shape index (κ3) is 1.98. The quantitative estimate of drug-likeness (QED) is 0.626. The molecule has 0 saturated heterocycles. The monoisotopic (exact) mass is 475 g/mol. The number of Topliss-reactive ketones (excluding diaryl/α,β-unsaturated/α-hetero) is 2. The van der Waals surface area contributed by atoms with Crippen molar-refractivity contribution in [2.75, 3.05) is 13.1 Å². The highest BCUT2D eigenvalue weighted by Crippen LogP contribution is 2.49. The molecule has 0 amide bonds. The molecule has 1 aromatic rings. The van der Waals surface area contributed by atoms with E-state index in [4.69, 9.17) is 4.99 Å². The lowest BCUT2D eigenvalue weighted by atomic mass is 9.66. The van der Waals surface area contributed by atoms with Crippen molar-refractivity contribution in [1.82, 2.24) is 9.88 Å². The standard InChI is InChI=1S/C19H15Br2N3O2/c1-24-8-9-2-4-22-14-12(9)16(24)18(26)15-13(14)19(3-5-23-15)6-10(20)17(25)11(21)7-19/h6-8,23H,2-5H2,1H3. The molecule has 0 saturated carbocycles. The highest BCUT2D eigenvalue weighted by molar-refractivity contribution is 9.13. The number of rotatable bonds is 0. The Labute approximate surface area is 167 Å². The van der Waals surface area contributed by atoms with Gasteiger partial charge in [-0.15, -0.1) is 0 Å². The Morgan fingerprint density at radius 3 is 2.65 bits per heavy atom. The molecule has 0 unspecified atom stereocenters. The minimum Gasteiger partial charge on any atom is -0.381 e. The summed E-state index contributed by atoms with van der Waals surface area (Å²) in [6, 6.07) is 0. The summed E-state index contributed by atoms with van der Waals surface area (Å²) in [5, 5.41) is 3.31. The smallest absolute Gasteiger partial charge is 0.226 e. The third-order valence-corrected chi connectivity index (χ3v) is 6.76. The van der Waals surface area contributed by atoms with Gasteiger partial charge in [0, 0.05) is 42.9 Å². The van der Waals surface area contributed by atoms with Gasteiger partial charge in [-0.2, -0.15) is 0 Å². The number of hydrogen-bond acceptors (Lipinski definition) is 4. The van der Waals surface area contributed by atoms with Gasteiger partial charge in [0.2, 0.25) is 11.6 Å². The van der Waals surface area contributed by atoms with Gasteiger partial charge in [0.1, 0.15) is 5.69 Å². The van der Waals surface area contributed by atoms with Crippen molar-refractivity contribution in [2.45, 2.75) is 12.8 Å². The number of halogens is 2. The minimum atomic E-state index is -0.525. The molecule has 3 heterocycles. The molecule has 5 nitrogen and oxygen atoms in total. The number of ketones is 2. The molecule has 0 atom stereocenters. The van der Waals surface area contributed by atoms with Crippen LogP contribution in [0.1, 0.15) is 28.0 Å². The number of allylic oxidation sites excluding steroid dienone is 6. The lowest BCUT2D eigenvalue weighted by Gasteiger charge is -2.41. The first-order valence-corrected chi connectivity index (χ1v) is 10.1. The molecule has 2 aliphatic carbocycles. The molecule has 0 aromatic carbocycles. The van der Waals surface area contributed by atoms with Crippen LogP contribution in [0.5, 0.6) is 0 Å². The first-order valence-electron chi connectivity index (χ1n) is 8.51. The molecule has 0 radical (unpaired) electrons. The summed E-state index contributed by atoms with van der Waals surface area (Å²) in [4.78, 5) is 30.4. The highest BCUT2D eigenvalue weighted by Gasteiger charge is 2.48. The molecule has 132 valence electrons. The molecular formula is C19H15Br2N3O2. The largest absolute Gasteiger partial charge is 0.381 e. The number of aryl methyl sites for hydroxylation is 1. The number of nitrogens with zero attached hydrogens (tertiary/aromatic N) is 2.